The second-order valence-electron chi connectivity index (χ2n) is 6.06. The fraction of sp³-hybridized carbons (Fsp3) is 0.0476. The largest absolute Gasteiger partial charge is 0.478 e. The number of rotatable bonds is 4. The van der Waals surface area contributed by atoms with Gasteiger partial charge in [0, 0.05) is 11.8 Å². The van der Waals surface area contributed by atoms with E-state index >= 15 is 0 Å². The van der Waals surface area contributed by atoms with Crippen molar-refractivity contribution in [3.63, 3.8) is 0 Å². The van der Waals surface area contributed by atoms with E-state index in [0.717, 1.165) is 16.8 Å². The Morgan fingerprint density at radius 2 is 1.70 bits per heavy atom. The first-order valence-electron chi connectivity index (χ1n) is 8.42. The average molecular weight is 356 g/mol. The van der Waals surface area contributed by atoms with Gasteiger partial charge in [-0.05, 0) is 30.7 Å². The molecule has 2 heterocycles. The minimum atomic E-state index is -1.04. The molecule has 27 heavy (non-hydrogen) atoms. The lowest BCUT2D eigenvalue weighted by Crippen LogP contribution is -1.95. The Kier molecular flexibility index (Phi) is 4.22. The summed E-state index contributed by atoms with van der Waals surface area (Å²) >= 11 is 0. The number of aryl methyl sites for hydroxylation is 1. The van der Waals surface area contributed by atoms with E-state index in [1.54, 1.807) is 18.2 Å². The maximum Gasteiger partial charge on any atom is 0.337 e. The molecule has 0 saturated heterocycles. The lowest BCUT2D eigenvalue weighted by molar-refractivity contribution is 0.0697. The molecule has 0 amide bonds. The summed E-state index contributed by atoms with van der Waals surface area (Å²) in [6.07, 6.45) is 1.87. The Morgan fingerprint density at radius 3 is 2.48 bits per heavy atom. The summed E-state index contributed by atoms with van der Waals surface area (Å²) in [4.78, 5) is 16.2. The third-order valence-electron chi connectivity index (χ3n) is 4.25. The molecule has 6 nitrogen and oxygen atoms in total. The third kappa shape index (κ3) is 3.08. The van der Waals surface area contributed by atoms with Crippen LogP contribution in [-0.4, -0.2) is 20.5 Å². The summed E-state index contributed by atoms with van der Waals surface area (Å²) in [5, 5.41) is 18.0. The number of nitrogens with zero attached hydrogens (tertiary/aromatic N) is 4. The highest BCUT2D eigenvalue weighted by molar-refractivity contribution is 5.93. The first-order chi connectivity index (χ1) is 13.1. The average Bonchev–Trinajstić information content (AvgIpc) is 3.07. The Morgan fingerprint density at radius 1 is 0.963 bits per heavy atom. The molecule has 0 spiro atoms. The highest BCUT2D eigenvalue weighted by Gasteiger charge is 2.15. The van der Waals surface area contributed by atoms with Crippen LogP contribution in [0, 0.1) is 6.92 Å². The van der Waals surface area contributed by atoms with Gasteiger partial charge in [-0.1, -0.05) is 48.5 Å². The number of hydrogen-bond acceptors (Lipinski definition) is 4. The number of aromatic carboxylic acids is 1. The predicted octanol–water partition coefficient (Wildman–Crippen LogP) is 5.42. The smallest absolute Gasteiger partial charge is 0.337 e. The summed E-state index contributed by atoms with van der Waals surface area (Å²) in [7, 11) is 0. The number of aromatic nitrogens is 2. The van der Waals surface area contributed by atoms with Gasteiger partial charge in [-0.15, -0.1) is 10.2 Å². The standard InChI is InChI=1S/C21H16N4O2/c1-14-8-7-13-25-19(14)22-18(15-9-3-2-4-10-15)20(25)24-23-17-12-6-5-11-16(17)21(26)27/h2-13H,1H3,(H,26,27). The monoisotopic (exact) mass is 356 g/mol. The minimum Gasteiger partial charge on any atom is -0.478 e. The molecule has 4 rings (SSSR count). The molecule has 2 aromatic carbocycles. The van der Waals surface area contributed by atoms with Crippen molar-refractivity contribution in [3.8, 4) is 11.3 Å². The summed E-state index contributed by atoms with van der Waals surface area (Å²) in [6, 6.07) is 20.2. The molecule has 0 bridgehead atoms. The maximum absolute atomic E-state index is 11.4. The summed E-state index contributed by atoms with van der Waals surface area (Å²) in [6.45, 7) is 1.98. The van der Waals surface area contributed by atoms with Gasteiger partial charge in [0.15, 0.2) is 5.82 Å². The lowest BCUT2D eigenvalue weighted by atomic mass is 10.1. The number of azo groups is 1. The van der Waals surface area contributed by atoms with Crippen LogP contribution < -0.4 is 0 Å². The summed E-state index contributed by atoms with van der Waals surface area (Å²) in [5.41, 5.74) is 3.82. The van der Waals surface area contributed by atoms with Crippen molar-refractivity contribution >= 4 is 23.1 Å². The number of hydrogen-bond donors (Lipinski definition) is 1. The van der Waals surface area contributed by atoms with Crippen molar-refractivity contribution in [2.75, 3.05) is 0 Å². The number of carboxylic acid groups (broad SMARTS) is 1. The van der Waals surface area contributed by atoms with Crippen LogP contribution in [0.15, 0.2) is 83.2 Å². The Hall–Kier alpha value is -3.80. The highest BCUT2D eigenvalue weighted by Crippen LogP contribution is 2.33. The molecule has 0 aliphatic rings. The van der Waals surface area contributed by atoms with Crippen LogP contribution >= 0.6 is 0 Å². The van der Waals surface area contributed by atoms with Gasteiger partial charge in [-0.2, -0.15) is 0 Å². The van der Waals surface area contributed by atoms with Gasteiger partial charge in [-0.25, -0.2) is 9.78 Å². The fourth-order valence-electron chi connectivity index (χ4n) is 2.92. The first-order valence-corrected chi connectivity index (χ1v) is 8.42. The van der Waals surface area contributed by atoms with Crippen LogP contribution in [0.3, 0.4) is 0 Å². The predicted molar refractivity (Wildman–Crippen MR) is 103 cm³/mol. The van der Waals surface area contributed by atoms with E-state index < -0.39 is 5.97 Å². The SMILES string of the molecule is Cc1cccn2c(N=Nc3ccccc3C(=O)O)c(-c3ccccc3)nc12. The van der Waals surface area contributed by atoms with E-state index in [9.17, 15) is 9.90 Å². The fourth-order valence-corrected chi connectivity index (χ4v) is 2.92. The molecule has 6 heteroatoms. The zero-order valence-electron chi connectivity index (χ0n) is 14.6. The normalized spacial score (nSPS) is 11.3. The number of benzene rings is 2. The van der Waals surface area contributed by atoms with E-state index in [0.29, 0.717) is 17.2 Å². The molecule has 4 aromatic rings. The Bertz CT molecular complexity index is 1160. The van der Waals surface area contributed by atoms with E-state index in [2.05, 4.69) is 10.2 Å². The zero-order valence-corrected chi connectivity index (χ0v) is 14.6. The lowest BCUT2D eigenvalue weighted by Gasteiger charge is -2.01. The van der Waals surface area contributed by atoms with Gasteiger partial charge in [-0.3, -0.25) is 4.40 Å². The third-order valence-corrected chi connectivity index (χ3v) is 4.25. The molecule has 0 aliphatic heterocycles. The quantitative estimate of drug-likeness (QED) is 0.496. The van der Waals surface area contributed by atoms with E-state index in [4.69, 9.17) is 4.98 Å². The molecule has 0 atom stereocenters. The number of imidazole rings is 1. The Labute approximate surface area is 155 Å². The Balaban J connectivity index is 1.91. The van der Waals surface area contributed by atoms with Gasteiger partial charge < -0.3 is 5.11 Å². The highest BCUT2D eigenvalue weighted by atomic mass is 16.4. The second-order valence-corrected chi connectivity index (χ2v) is 6.06. The maximum atomic E-state index is 11.4. The van der Waals surface area contributed by atoms with Gasteiger partial charge in [0.25, 0.3) is 0 Å². The molecule has 0 aliphatic carbocycles. The molecule has 2 aromatic heterocycles. The van der Waals surface area contributed by atoms with Crippen molar-refractivity contribution in [2.45, 2.75) is 6.92 Å². The van der Waals surface area contributed by atoms with Gasteiger partial charge >= 0.3 is 5.97 Å². The van der Waals surface area contributed by atoms with E-state index in [1.807, 2.05) is 60.0 Å². The zero-order chi connectivity index (χ0) is 18.8. The van der Waals surface area contributed by atoms with Crippen molar-refractivity contribution < 1.29 is 9.90 Å². The summed E-state index contributed by atoms with van der Waals surface area (Å²) < 4.78 is 1.87. The van der Waals surface area contributed by atoms with E-state index in [1.165, 1.54) is 6.07 Å². The van der Waals surface area contributed by atoms with Crippen molar-refractivity contribution in [1.82, 2.24) is 9.38 Å². The van der Waals surface area contributed by atoms with Crippen LogP contribution in [0.4, 0.5) is 11.5 Å². The molecule has 0 radical (unpaired) electrons. The molecular formula is C21H16N4O2. The molecule has 0 saturated carbocycles. The molecule has 132 valence electrons. The van der Waals surface area contributed by atoms with Crippen molar-refractivity contribution in [1.29, 1.82) is 0 Å². The van der Waals surface area contributed by atoms with Crippen LogP contribution in [-0.2, 0) is 0 Å². The second kappa shape index (κ2) is 6.84. The summed E-state index contributed by atoms with van der Waals surface area (Å²) in [5.74, 6) is -0.484. The minimum absolute atomic E-state index is 0.104. The van der Waals surface area contributed by atoms with Gasteiger partial charge in [0.1, 0.15) is 17.0 Å². The van der Waals surface area contributed by atoms with Crippen LogP contribution in [0.1, 0.15) is 15.9 Å². The van der Waals surface area contributed by atoms with Gasteiger partial charge in [0.05, 0.1) is 5.56 Å². The topological polar surface area (TPSA) is 79.3 Å². The van der Waals surface area contributed by atoms with Crippen molar-refractivity contribution in [3.05, 3.63) is 84.1 Å². The van der Waals surface area contributed by atoms with Crippen LogP contribution in [0.25, 0.3) is 16.9 Å². The molecule has 1 N–H and O–H groups in total. The molecule has 0 fully saturated rings. The molecular weight excluding hydrogens is 340 g/mol. The first kappa shape index (κ1) is 16.7. The van der Waals surface area contributed by atoms with E-state index in [-0.39, 0.29) is 5.56 Å². The van der Waals surface area contributed by atoms with Gasteiger partial charge in [0.2, 0.25) is 0 Å². The molecule has 0 unspecified atom stereocenters. The number of fused-ring (bicyclic) bond motifs is 1. The van der Waals surface area contributed by atoms with Crippen LogP contribution in [0.5, 0.6) is 0 Å². The number of carbonyl (C=O) groups is 1. The van der Waals surface area contributed by atoms with Crippen LogP contribution in [0.2, 0.25) is 0 Å². The number of pyridine rings is 1. The number of carboxylic acids is 1. The van der Waals surface area contributed by atoms with Crippen molar-refractivity contribution in [2.24, 2.45) is 10.2 Å².